The van der Waals surface area contributed by atoms with Crippen LogP contribution in [-0.4, -0.2) is 14.7 Å². The van der Waals surface area contributed by atoms with Crippen LogP contribution in [-0.2, 0) is 52.7 Å². The van der Waals surface area contributed by atoms with Gasteiger partial charge in [0.2, 0.25) is 0 Å². The summed E-state index contributed by atoms with van der Waals surface area (Å²) < 4.78 is 26.0. The van der Waals surface area contributed by atoms with E-state index in [4.69, 9.17) is 57.7 Å². The minimum Gasteiger partial charge on any atom is -0.790 e. The van der Waals surface area contributed by atoms with E-state index in [2.05, 4.69) is 0 Å². The minimum atomic E-state index is -5.14. The van der Waals surface area contributed by atoms with Gasteiger partial charge >= 0.3 is 39.0 Å². The Hall–Kier alpha value is 1.58. The van der Waals surface area contributed by atoms with Crippen molar-refractivity contribution in [3.05, 3.63) is 0 Å². The van der Waals surface area contributed by atoms with Gasteiger partial charge < -0.3 is 57.7 Å². The molecule has 0 saturated heterocycles. The maximum atomic E-state index is 8.66. The maximum Gasteiger partial charge on any atom is 3.00 e. The van der Waals surface area contributed by atoms with Crippen LogP contribution in [0.4, 0.5) is 0 Å². The summed E-state index contributed by atoms with van der Waals surface area (Å²) in [6, 6.07) is 0. The zero-order chi connectivity index (χ0) is 13.5. The van der Waals surface area contributed by atoms with Crippen molar-refractivity contribution in [2.75, 3.05) is 0 Å². The second kappa shape index (κ2) is 12.6. The van der Waals surface area contributed by atoms with E-state index in [0.717, 1.165) is 0 Å². The Balaban J connectivity index is -0.0000000400. The van der Waals surface area contributed by atoms with Gasteiger partial charge in [0.1, 0.15) is 0 Å². The smallest absolute Gasteiger partial charge is 0.790 e. The second-order valence-electron chi connectivity index (χ2n) is 1.41. The molecule has 0 aromatic rings. The molecule has 0 aliphatic carbocycles. The molecule has 0 spiro atoms. The van der Waals surface area contributed by atoms with Crippen LogP contribution in [0.5, 0.6) is 0 Å². The number of hydrogen-bond donors (Lipinski definition) is 3. The van der Waals surface area contributed by atoms with Crippen molar-refractivity contribution >= 4 is 23.5 Å². The Labute approximate surface area is 120 Å². The molecule has 12 nitrogen and oxygen atoms in total. The van der Waals surface area contributed by atoms with Gasteiger partial charge in [0.05, 0.1) is 23.5 Å². The van der Waals surface area contributed by atoms with Gasteiger partial charge in [0.15, 0.2) is 0 Å². The SMILES string of the molecule is O=P([O-])([O-])O.O=P([O-])([O-])O.O=P([O-])([O-])O.[Rh+3].[Rh+3]. The quantitative estimate of drug-likeness (QED) is 0.210. The van der Waals surface area contributed by atoms with Crippen molar-refractivity contribution in [1.82, 2.24) is 0 Å². The largest absolute Gasteiger partial charge is 3.00 e. The zero-order valence-electron chi connectivity index (χ0n) is 7.02. The van der Waals surface area contributed by atoms with Crippen LogP contribution in [0.2, 0.25) is 0 Å². The van der Waals surface area contributed by atoms with E-state index >= 15 is 0 Å². The molecule has 0 aliphatic rings. The van der Waals surface area contributed by atoms with Crippen LogP contribution in [0.1, 0.15) is 0 Å². The third kappa shape index (κ3) is 1720. The van der Waals surface area contributed by atoms with E-state index in [1.165, 1.54) is 0 Å². The van der Waals surface area contributed by atoms with Crippen LogP contribution in [0.25, 0.3) is 0 Å². The van der Waals surface area contributed by atoms with Crippen LogP contribution in [0.3, 0.4) is 0 Å². The molecule has 0 aromatic heterocycles. The van der Waals surface area contributed by atoms with E-state index < -0.39 is 23.5 Å². The molecule has 108 valence electrons. The molecule has 0 aliphatic heterocycles. The minimum absolute atomic E-state index is 0. The predicted octanol–water partition coefficient (Wildman–Crippen LogP) is -6.58. The topological polar surface area (TPSA) is 250 Å². The van der Waals surface area contributed by atoms with Gasteiger partial charge in [-0.15, -0.1) is 0 Å². The van der Waals surface area contributed by atoms with Crippen molar-refractivity contribution in [1.29, 1.82) is 0 Å². The first-order valence-electron chi connectivity index (χ1n) is 2.24. The Bertz CT molecular complexity index is 206. The summed E-state index contributed by atoms with van der Waals surface area (Å²) in [5, 5.41) is 0. The van der Waals surface area contributed by atoms with Gasteiger partial charge in [0, 0.05) is 0 Å². The molecule has 0 aromatic carbocycles. The summed E-state index contributed by atoms with van der Waals surface area (Å²) >= 11 is 0. The van der Waals surface area contributed by atoms with Crippen LogP contribution >= 0.6 is 23.5 Å². The Morgan fingerprint density at radius 2 is 0.529 bits per heavy atom. The van der Waals surface area contributed by atoms with Gasteiger partial charge in [-0.1, -0.05) is 0 Å². The van der Waals surface area contributed by atoms with Crippen LogP contribution in [0, 0.1) is 0 Å². The normalized spacial score (nSPS) is 10.4. The van der Waals surface area contributed by atoms with Gasteiger partial charge in [-0.25, -0.2) is 0 Å². The molecule has 0 fully saturated rings. The average Bonchev–Trinajstić information content (AvgIpc) is 1.41. The summed E-state index contributed by atoms with van der Waals surface area (Å²) in [6.45, 7) is 0. The number of rotatable bonds is 0. The number of hydrogen-bond acceptors (Lipinski definition) is 9. The molecule has 0 rings (SSSR count). The molecule has 0 amide bonds. The maximum absolute atomic E-state index is 8.66. The molecular formula is H3O12P3Rh2. The standard InChI is InChI=1S/3H3O4P.2Rh/c3*1-5(2,3)4;;/h3*(H3,1,2,3,4);;/q;;;2*+3/p-6. The molecule has 0 saturated carbocycles. The molecule has 0 radical (unpaired) electrons. The fourth-order valence-electron chi connectivity index (χ4n) is 0. The Morgan fingerprint density at radius 3 is 0.529 bits per heavy atom. The fourth-order valence-corrected chi connectivity index (χ4v) is 0. The monoisotopic (exact) mass is 494 g/mol. The van der Waals surface area contributed by atoms with E-state index in [0.29, 0.717) is 0 Å². The molecule has 17 heteroatoms. The average molecular weight is 494 g/mol. The Kier molecular flexibility index (Phi) is 23.1. The van der Waals surface area contributed by atoms with Gasteiger partial charge in [-0.2, -0.15) is 0 Å². The molecule has 0 atom stereocenters. The summed E-state index contributed by atoms with van der Waals surface area (Å²) in [5.41, 5.74) is 0. The molecule has 0 unspecified atom stereocenters. The van der Waals surface area contributed by atoms with Gasteiger partial charge in [-0.3, -0.25) is 0 Å². The predicted molar refractivity (Wildman–Crippen MR) is 29.5 cm³/mol. The third-order valence-corrected chi connectivity index (χ3v) is 0. The summed E-state index contributed by atoms with van der Waals surface area (Å²) in [7, 11) is -15.4. The van der Waals surface area contributed by atoms with Gasteiger partial charge in [-0.05, 0) is 0 Å². The molecule has 17 heavy (non-hydrogen) atoms. The first-order chi connectivity index (χ1) is 6.00. The zero-order valence-corrected chi connectivity index (χ0v) is 13.0. The van der Waals surface area contributed by atoms with E-state index in [-0.39, 0.29) is 39.0 Å². The van der Waals surface area contributed by atoms with Crippen molar-refractivity contribution in [3.63, 3.8) is 0 Å². The van der Waals surface area contributed by atoms with Crippen molar-refractivity contribution in [3.8, 4) is 0 Å². The Morgan fingerprint density at radius 1 is 0.529 bits per heavy atom. The van der Waals surface area contributed by atoms with Crippen molar-refractivity contribution < 1.29 is 96.7 Å². The van der Waals surface area contributed by atoms with E-state index in [1.54, 1.807) is 0 Å². The molecule has 0 bridgehead atoms. The van der Waals surface area contributed by atoms with Gasteiger partial charge in [0.25, 0.3) is 0 Å². The fraction of sp³-hybridized carbons (Fsp3) is 0. The third-order valence-electron chi connectivity index (χ3n) is 0. The van der Waals surface area contributed by atoms with Crippen molar-refractivity contribution in [2.45, 2.75) is 0 Å². The first-order valence-corrected chi connectivity index (χ1v) is 6.73. The molecule has 0 heterocycles. The van der Waals surface area contributed by atoms with E-state index in [9.17, 15) is 0 Å². The summed E-state index contributed by atoms with van der Waals surface area (Å²) in [4.78, 5) is 72.9. The van der Waals surface area contributed by atoms with E-state index in [1.807, 2.05) is 0 Å². The van der Waals surface area contributed by atoms with Crippen molar-refractivity contribution in [2.24, 2.45) is 0 Å². The van der Waals surface area contributed by atoms with Crippen LogP contribution in [0.15, 0.2) is 0 Å². The van der Waals surface area contributed by atoms with Crippen LogP contribution < -0.4 is 29.4 Å². The first kappa shape index (κ1) is 31.1. The molecule has 3 N–H and O–H groups in total. The molecular weight excluding hydrogens is 491 g/mol. The summed E-state index contributed by atoms with van der Waals surface area (Å²) in [5.74, 6) is 0. The number of phosphoric acid groups is 3. The summed E-state index contributed by atoms with van der Waals surface area (Å²) in [6.07, 6.45) is 0. The second-order valence-corrected chi connectivity index (χ2v) is 4.22.